The minimum absolute atomic E-state index is 0.0879. The van der Waals surface area contributed by atoms with Crippen LogP contribution in [0.25, 0.3) is 0 Å². The summed E-state index contributed by atoms with van der Waals surface area (Å²) in [5.74, 6) is -0.666. The standard InChI is InChI=1S/C22H24N2O4.CH4O4S/c1-24(10-12-28-13-11-24)18(23)9-7-14-6-8-17(25)20-19(14)21(26)15-4-2-3-5-16(15)22(20)27;1-5-6(2,3)4/h2-6,8,18H,7,9-13,23H2,1H3;1H3,(H,2,3,4). The quantitative estimate of drug-likeness (QED) is 0.301. The van der Waals surface area contributed by atoms with Crippen LogP contribution in [0.3, 0.4) is 0 Å². The van der Waals surface area contributed by atoms with Gasteiger partial charge >= 0.3 is 0 Å². The van der Waals surface area contributed by atoms with E-state index >= 15 is 0 Å². The van der Waals surface area contributed by atoms with Gasteiger partial charge in [0.25, 0.3) is 0 Å². The summed E-state index contributed by atoms with van der Waals surface area (Å²) < 4.78 is 37.2. The molecule has 10 nitrogen and oxygen atoms in total. The van der Waals surface area contributed by atoms with Crippen LogP contribution < -0.4 is 5.73 Å². The molecule has 34 heavy (non-hydrogen) atoms. The second-order valence-electron chi connectivity index (χ2n) is 8.42. The number of likely N-dealkylation sites (N-methyl/N-ethyl adjacent to an activating group) is 1. The van der Waals surface area contributed by atoms with Crippen molar-refractivity contribution in [3.8, 4) is 5.75 Å². The van der Waals surface area contributed by atoms with E-state index in [4.69, 9.17) is 10.5 Å². The number of aromatic hydroxyl groups is 1. The number of benzene rings is 2. The lowest BCUT2D eigenvalue weighted by Crippen LogP contribution is -2.61. The lowest BCUT2D eigenvalue weighted by molar-refractivity contribution is -0.940. The van der Waals surface area contributed by atoms with Gasteiger partial charge in [-0.15, -0.1) is 0 Å². The third-order valence-electron chi connectivity index (χ3n) is 6.35. The number of aryl methyl sites for hydroxylation is 1. The Kier molecular flexibility index (Phi) is 7.86. The first-order chi connectivity index (χ1) is 16.0. The van der Waals surface area contributed by atoms with Gasteiger partial charge in [-0.1, -0.05) is 30.3 Å². The Bertz CT molecular complexity index is 1190. The van der Waals surface area contributed by atoms with E-state index in [0.717, 1.165) is 30.2 Å². The maximum atomic E-state index is 13.1. The zero-order chi connectivity index (χ0) is 25.1. The molecule has 1 saturated heterocycles. The summed E-state index contributed by atoms with van der Waals surface area (Å²) in [6.07, 6.45) is 1.16. The number of morpholine rings is 1. The highest BCUT2D eigenvalue weighted by Crippen LogP contribution is 2.35. The van der Waals surface area contributed by atoms with E-state index in [-0.39, 0.29) is 29.0 Å². The van der Waals surface area contributed by atoms with Gasteiger partial charge in [0.1, 0.15) is 25.0 Å². The van der Waals surface area contributed by atoms with Gasteiger partial charge in [-0.25, -0.2) is 8.42 Å². The van der Waals surface area contributed by atoms with Gasteiger partial charge in [-0.3, -0.25) is 19.5 Å². The van der Waals surface area contributed by atoms with Gasteiger partial charge in [-0.05, 0) is 18.1 Å². The molecule has 184 valence electrons. The molecule has 0 spiro atoms. The Balaban J connectivity index is 0.000000481. The molecule has 1 aliphatic heterocycles. The zero-order valence-electron chi connectivity index (χ0n) is 19.0. The molecule has 1 heterocycles. The van der Waals surface area contributed by atoms with Gasteiger partial charge in [-0.2, -0.15) is 0 Å². The molecule has 1 atom stereocenters. The number of hydrogen-bond acceptors (Lipinski definition) is 9. The summed E-state index contributed by atoms with van der Waals surface area (Å²) in [4.78, 5) is 26.0. The van der Waals surface area contributed by atoms with Crippen molar-refractivity contribution >= 4 is 22.0 Å². The summed E-state index contributed by atoms with van der Waals surface area (Å²) >= 11 is 0. The minimum Gasteiger partial charge on any atom is -0.726 e. The molecule has 0 aromatic heterocycles. The minimum atomic E-state index is -4.41. The van der Waals surface area contributed by atoms with Crippen molar-refractivity contribution in [2.75, 3.05) is 40.5 Å². The van der Waals surface area contributed by atoms with Crippen LogP contribution in [-0.2, 0) is 25.7 Å². The van der Waals surface area contributed by atoms with Crippen LogP contribution in [-0.4, -0.2) is 80.8 Å². The number of fused-ring (bicyclic) bond motifs is 2. The highest BCUT2D eigenvalue weighted by Gasteiger charge is 2.35. The number of rotatable bonds is 5. The number of nitrogens with two attached hydrogens (primary N) is 1. The van der Waals surface area contributed by atoms with Crippen molar-refractivity contribution in [3.63, 3.8) is 0 Å². The predicted molar refractivity (Wildman–Crippen MR) is 121 cm³/mol. The highest BCUT2D eigenvalue weighted by atomic mass is 32.3. The molecular formula is C23H28N2O8S. The first-order valence-electron chi connectivity index (χ1n) is 10.7. The van der Waals surface area contributed by atoms with Crippen LogP contribution in [0.1, 0.15) is 43.8 Å². The Labute approximate surface area is 198 Å². The van der Waals surface area contributed by atoms with E-state index in [2.05, 4.69) is 11.2 Å². The molecule has 2 aromatic rings. The van der Waals surface area contributed by atoms with Gasteiger partial charge in [0, 0.05) is 23.1 Å². The van der Waals surface area contributed by atoms with Crippen LogP contribution in [0.5, 0.6) is 5.75 Å². The Morgan fingerprint density at radius 3 is 2.15 bits per heavy atom. The molecule has 1 unspecified atom stereocenters. The number of carbonyl (C=O) groups excluding carboxylic acids is 2. The largest absolute Gasteiger partial charge is 0.726 e. The van der Waals surface area contributed by atoms with Crippen molar-refractivity contribution in [1.29, 1.82) is 0 Å². The first kappa shape index (κ1) is 25.9. The smallest absolute Gasteiger partial charge is 0.217 e. The maximum Gasteiger partial charge on any atom is 0.217 e. The predicted octanol–water partition coefficient (Wildman–Crippen LogP) is 0.955. The summed E-state index contributed by atoms with van der Waals surface area (Å²) in [5, 5.41) is 10.3. The number of ketones is 2. The molecular weight excluding hydrogens is 464 g/mol. The molecule has 4 rings (SSSR count). The van der Waals surface area contributed by atoms with Crippen molar-refractivity contribution in [2.45, 2.75) is 19.0 Å². The summed E-state index contributed by atoms with van der Waals surface area (Å²) in [6, 6.07) is 10.0. The molecule has 0 saturated carbocycles. The van der Waals surface area contributed by atoms with Crippen molar-refractivity contribution in [1.82, 2.24) is 0 Å². The number of ether oxygens (including phenoxy) is 1. The molecule has 3 N–H and O–H groups in total. The van der Waals surface area contributed by atoms with Crippen LogP contribution >= 0.6 is 0 Å². The molecule has 0 bridgehead atoms. The van der Waals surface area contributed by atoms with Crippen LogP contribution in [0, 0.1) is 0 Å². The van der Waals surface area contributed by atoms with Crippen molar-refractivity contribution in [2.24, 2.45) is 5.73 Å². The van der Waals surface area contributed by atoms with Crippen molar-refractivity contribution in [3.05, 3.63) is 64.2 Å². The summed E-state index contributed by atoms with van der Waals surface area (Å²) in [5.41, 5.74) is 8.42. The number of phenols is 1. The average molecular weight is 493 g/mol. The second-order valence-corrected chi connectivity index (χ2v) is 9.57. The fourth-order valence-electron chi connectivity index (χ4n) is 4.19. The molecule has 0 amide bonds. The van der Waals surface area contributed by atoms with Gasteiger partial charge in [0.05, 0.1) is 32.9 Å². The van der Waals surface area contributed by atoms with Gasteiger partial charge < -0.3 is 18.9 Å². The fraction of sp³-hybridized carbons (Fsp3) is 0.391. The molecule has 2 aromatic carbocycles. The van der Waals surface area contributed by atoms with E-state index in [1.807, 2.05) is 0 Å². The van der Waals surface area contributed by atoms with Gasteiger partial charge in [0.15, 0.2) is 11.6 Å². The zero-order valence-corrected chi connectivity index (χ0v) is 19.8. The van der Waals surface area contributed by atoms with Crippen LogP contribution in [0.15, 0.2) is 36.4 Å². The van der Waals surface area contributed by atoms with E-state index in [1.54, 1.807) is 30.3 Å². The number of phenolic OH excluding ortho intramolecular Hbond substituents is 1. The molecule has 1 aliphatic carbocycles. The number of hydrogen-bond donors (Lipinski definition) is 2. The first-order valence-corrected chi connectivity index (χ1v) is 12.0. The average Bonchev–Trinajstić information content (AvgIpc) is 2.81. The Morgan fingerprint density at radius 2 is 1.62 bits per heavy atom. The SMILES string of the molecule is COS(=O)(=O)[O-].C[N+]1(C(N)CCc2ccc(O)c3c2C(=O)c2ccccc2C3=O)CCOCC1. The van der Waals surface area contributed by atoms with Crippen LogP contribution in [0.4, 0.5) is 0 Å². The third kappa shape index (κ3) is 5.52. The molecule has 0 radical (unpaired) electrons. The topological polar surface area (TPSA) is 156 Å². The number of quaternary nitrogens is 1. The number of carbonyl (C=O) groups is 2. The van der Waals surface area contributed by atoms with E-state index in [9.17, 15) is 27.7 Å². The Hall–Kier alpha value is -2.67. The monoisotopic (exact) mass is 492 g/mol. The van der Waals surface area contributed by atoms with Gasteiger partial charge in [0.2, 0.25) is 10.4 Å². The third-order valence-corrected chi connectivity index (χ3v) is 6.76. The fourth-order valence-corrected chi connectivity index (χ4v) is 4.19. The van der Waals surface area contributed by atoms with Crippen LogP contribution in [0.2, 0.25) is 0 Å². The molecule has 2 aliphatic rings. The molecule has 11 heteroatoms. The summed E-state index contributed by atoms with van der Waals surface area (Å²) in [7, 11) is -1.47. The van der Waals surface area contributed by atoms with Crippen molar-refractivity contribution < 1.29 is 41.1 Å². The normalized spacial score (nSPS) is 17.8. The van der Waals surface area contributed by atoms with E-state index < -0.39 is 10.4 Å². The number of nitrogens with zero attached hydrogens (tertiary/aromatic N) is 1. The Morgan fingerprint density at radius 1 is 1.09 bits per heavy atom. The lowest BCUT2D eigenvalue weighted by Gasteiger charge is -2.42. The van der Waals surface area contributed by atoms with E-state index in [0.29, 0.717) is 42.7 Å². The maximum absolute atomic E-state index is 13.1. The second kappa shape index (κ2) is 10.3. The van der Waals surface area contributed by atoms with E-state index in [1.165, 1.54) is 6.07 Å². The highest BCUT2D eigenvalue weighted by molar-refractivity contribution is 7.80. The molecule has 1 fully saturated rings. The summed E-state index contributed by atoms with van der Waals surface area (Å²) in [6.45, 7) is 3.12. The lowest BCUT2D eigenvalue weighted by atomic mass is 9.80.